The van der Waals surface area contributed by atoms with Crippen LogP contribution in [0.15, 0.2) is 23.7 Å². The highest BCUT2D eigenvalue weighted by Crippen LogP contribution is 2.31. The molecule has 0 saturated carbocycles. The van der Waals surface area contributed by atoms with E-state index in [0.717, 1.165) is 17.0 Å². The number of thiazole rings is 1. The van der Waals surface area contributed by atoms with Gasteiger partial charge in [0.25, 0.3) is 5.91 Å². The highest BCUT2D eigenvalue weighted by atomic mass is 32.1. The van der Waals surface area contributed by atoms with Crippen LogP contribution in [0.2, 0.25) is 0 Å². The topological polar surface area (TPSA) is 60.5 Å². The van der Waals surface area contributed by atoms with Crippen LogP contribution < -0.4 is 14.8 Å². The van der Waals surface area contributed by atoms with Crippen molar-refractivity contribution in [1.82, 2.24) is 10.3 Å². The van der Waals surface area contributed by atoms with Crippen molar-refractivity contribution in [3.05, 3.63) is 39.8 Å². The lowest BCUT2D eigenvalue weighted by Gasteiger charge is -2.17. The van der Waals surface area contributed by atoms with Gasteiger partial charge in [0.1, 0.15) is 4.88 Å². The number of ether oxygens (including phenoxy) is 2. The Labute approximate surface area is 140 Å². The first-order valence-corrected chi connectivity index (χ1v) is 8.55. The molecule has 0 aliphatic heterocycles. The molecule has 0 radical (unpaired) electrons. The highest BCUT2D eigenvalue weighted by Gasteiger charge is 2.17. The van der Waals surface area contributed by atoms with E-state index in [0.29, 0.717) is 23.8 Å². The van der Waals surface area contributed by atoms with Gasteiger partial charge in [-0.05, 0) is 45.4 Å². The molecule has 0 aliphatic carbocycles. The Morgan fingerprint density at radius 1 is 1.26 bits per heavy atom. The van der Waals surface area contributed by atoms with Crippen LogP contribution in [0.25, 0.3) is 0 Å². The first-order valence-electron chi connectivity index (χ1n) is 7.67. The molecular weight excluding hydrogens is 312 g/mol. The van der Waals surface area contributed by atoms with Gasteiger partial charge < -0.3 is 14.8 Å². The van der Waals surface area contributed by atoms with Crippen LogP contribution in [0.4, 0.5) is 0 Å². The van der Waals surface area contributed by atoms with Gasteiger partial charge in [-0.2, -0.15) is 0 Å². The quantitative estimate of drug-likeness (QED) is 0.838. The van der Waals surface area contributed by atoms with E-state index in [1.54, 1.807) is 5.51 Å². The molecule has 1 amide bonds. The maximum absolute atomic E-state index is 12.3. The second kappa shape index (κ2) is 7.97. The average Bonchev–Trinajstić information content (AvgIpc) is 2.95. The summed E-state index contributed by atoms with van der Waals surface area (Å²) in [5.41, 5.74) is 3.40. The van der Waals surface area contributed by atoms with Gasteiger partial charge in [0.2, 0.25) is 0 Å². The number of carbonyl (C=O) groups is 1. The number of nitrogens with zero attached hydrogens (tertiary/aromatic N) is 1. The first kappa shape index (κ1) is 17.3. The Morgan fingerprint density at radius 2 is 1.96 bits per heavy atom. The van der Waals surface area contributed by atoms with Crippen LogP contribution in [0, 0.1) is 6.92 Å². The van der Waals surface area contributed by atoms with E-state index in [9.17, 15) is 4.79 Å². The number of benzene rings is 1. The van der Waals surface area contributed by atoms with Gasteiger partial charge in [0.15, 0.2) is 11.5 Å². The van der Waals surface area contributed by atoms with Gasteiger partial charge in [0, 0.05) is 0 Å². The molecule has 23 heavy (non-hydrogen) atoms. The average molecular weight is 334 g/mol. The number of amides is 1. The van der Waals surface area contributed by atoms with Crippen molar-refractivity contribution < 1.29 is 14.3 Å². The highest BCUT2D eigenvalue weighted by molar-refractivity contribution is 7.11. The van der Waals surface area contributed by atoms with Crippen molar-refractivity contribution in [3.8, 4) is 11.5 Å². The Hall–Kier alpha value is -2.08. The summed E-state index contributed by atoms with van der Waals surface area (Å²) in [4.78, 5) is 17.0. The smallest absolute Gasteiger partial charge is 0.263 e. The van der Waals surface area contributed by atoms with E-state index in [2.05, 4.69) is 10.3 Å². The van der Waals surface area contributed by atoms with Gasteiger partial charge in [-0.1, -0.05) is 6.07 Å². The third-order valence-corrected chi connectivity index (χ3v) is 4.29. The minimum absolute atomic E-state index is 0.107. The predicted molar refractivity (Wildman–Crippen MR) is 91.5 cm³/mol. The minimum Gasteiger partial charge on any atom is -0.490 e. The summed E-state index contributed by atoms with van der Waals surface area (Å²) in [6.45, 7) is 8.78. The first-order chi connectivity index (χ1) is 11.1. The largest absolute Gasteiger partial charge is 0.490 e. The molecule has 6 heteroatoms. The summed E-state index contributed by atoms with van der Waals surface area (Å²) >= 11 is 1.35. The van der Waals surface area contributed by atoms with E-state index in [1.807, 2.05) is 45.9 Å². The van der Waals surface area contributed by atoms with Crippen LogP contribution in [0.1, 0.15) is 47.7 Å². The molecule has 0 saturated heterocycles. The maximum atomic E-state index is 12.3. The fourth-order valence-corrected chi connectivity index (χ4v) is 2.91. The summed E-state index contributed by atoms with van der Waals surface area (Å²) in [6, 6.07) is 5.60. The molecule has 1 N–H and O–H groups in total. The van der Waals surface area contributed by atoms with Crippen molar-refractivity contribution in [3.63, 3.8) is 0 Å². The summed E-state index contributed by atoms with van der Waals surface area (Å²) in [5.74, 6) is 1.31. The molecule has 1 aromatic heterocycles. The van der Waals surface area contributed by atoms with Gasteiger partial charge >= 0.3 is 0 Å². The van der Waals surface area contributed by atoms with Crippen molar-refractivity contribution in [2.75, 3.05) is 13.2 Å². The summed E-state index contributed by atoms with van der Waals surface area (Å²) in [6.07, 6.45) is 0. The predicted octanol–water partition coefficient (Wildman–Crippen LogP) is 3.74. The number of aryl methyl sites for hydroxylation is 1. The molecule has 2 aromatic rings. The SMILES string of the molecule is CCOc1ccc([C@@H](C)NC(=O)c2scnc2C)cc1OCC. The number of hydrogen-bond acceptors (Lipinski definition) is 5. The van der Waals surface area contributed by atoms with E-state index < -0.39 is 0 Å². The summed E-state index contributed by atoms with van der Waals surface area (Å²) in [5, 5.41) is 3.00. The van der Waals surface area contributed by atoms with Gasteiger partial charge in [-0.25, -0.2) is 4.98 Å². The Balaban J connectivity index is 2.15. The molecule has 2 rings (SSSR count). The number of carbonyl (C=O) groups excluding carboxylic acids is 1. The van der Waals surface area contributed by atoms with Crippen molar-refractivity contribution >= 4 is 17.2 Å². The molecule has 5 nitrogen and oxygen atoms in total. The fourth-order valence-electron chi connectivity index (χ4n) is 2.20. The lowest BCUT2D eigenvalue weighted by atomic mass is 10.1. The van der Waals surface area contributed by atoms with Crippen molar-refractivity contribution in [2.45, 2.75) is 33.7 Å². The van der Waals surface area contributed by atoms with Gasteiger partial charge in [-0.3, -0.25) is 4.79 Å². The van der Waals surface area contributed by atoms with E-state index >= 15 is 0 Å². The fraction of sp³-hybridized carbons (Fsp3) is 0.412. The molecular formula is C17H22N2O3S. The summed E-state index contributed by atoms with van der Waals surface area (Å²) < 4.78 is 11.2. The van der Waals surface area contributed by atoms with Crippen molar-refractivity contribution in [1.29, 1.82) is 0 Å². The Bertz CT molecular complexity index is 670. The third-order valence-electron chi connectivity index (χ3n) is 3.37. The second-order valence-corrected chi connectivity index (χ2v) is 5.89. The molecule has 1 aromatic carbocycles. The molecule has 0 fully saturated rings. The normalized spacial score (nSPS) is 11.8. The zero-order valence-corrected chi connectivity index (χ0v) is 14.7. The number of aromatic nitrogens is 1. The molecule has 0 aliphatic rings. The van der Waals surface area contributed by atoms with E-state index in [4.69, 9.17) is 9.47 Å². The molecule has 1 atom stereocenters. The monoisotopic (exact) mass is 334 g/mol. The Morgan fingerprint density at radius 3 is 2.57 bits per heavy atom. The zero-order chi connectivity index (χ0) is 16.8. The second-order valence-electron chi connectivity index (χ2n) is 5.03. The van der Waals surface area contributed by atoms with Crippen LogP contribution in [0.5, 0.6) is 11.5 Å². The standard InChI is InChI=1S/C17H22N2O3S/c1-5-21-14-8-7-13(9-15(14)22-6-2)11(3)19-17(20)16-12(4)18-10-23-16/h7-11H,5-6H2,1-4H3,(H,19,20)/t11-/m1/s1. The molecule has 0 bridgehead atoms. The number of rotatable bonds is 7. The lowest BCUT2D eigenvalue weighted by molar-refractivity contribution is 0.0943. The molecule has 124 valence electrons. The van der Waals surface area contributed by atoms with E-state index in [1.165, 1.54) is 11.3 Å². The van der Waals surface area contributed by atoms with Crippen LogP contribution >= 0.6 is 11.3 Å². The number of nitrogens with one attached hydrogen (secondary N) is 1. The minimum atomic E-state index is -0.140. The Kier molecular flexibility index (Phi) is 5.98. The van der Waals surface area contributed by atoms with Gasteiger partial charge in [-0.15, -0.1) is 11.3 Å². The lowest BCUT2D eigenvalue weighted by Crippen LogP contribution is -2.26. The zero-order valence-electron chi connectivity index (χ0n) is 13.9. The van der Waals surface area contributed by atoms with Gasteiger partial charge in [0.05, 0.1) is 30.5 Å². The van der Waals surface area contributed by atoms with Crippen LogP contribution in [0.3, 0.4) is 0 Å². The number of hydrogen-bond donors (Lipinski definition) is 1. The maximum Gasteiger partial charge on any atom is 0.263 e. The van der Waals surface area contributed by atoms with E-state index in [-0.39, 0.29) is 11.9 Å². The third kappa shape index (κ3) is 4.22. The van der Waals surface area contributed by atoms with Crippen LogP contribution in [-0.2, 0) is 0 Å². The van der Waals surface area contributed by atoms with Crippen LogP contribution in [-0.4, -0.2) is 24.1 Å². The molecule has 0 spiro atoms. The summed E-state index contributed by atoms with van der Waals surface area (Å²) in [7, 11) is 0. The molecule has 0 unspecified atom stereocenters. The molecule has 1 heterocycles. The van der Waals surface area contributed by atoms with Crippen molar-refractivity contribution in [2.24, 2.45) is 0 Å².